The number of carboxylic acid groups (broad SMARTS) is 1. The normalized spacial score (nSPS) is 12.5. The third-order valence-corrected chi connectivity index (χ3v) is 3.80. The van der Waals surface area contributed by atoms with E-state index >= 15 is 0 Å². The maximum atomic E-state index is 11.9. The van der Waals surface area contributed by atoms with Crippen LogP contribution in [0.3, 0.4) is 0 Å². The molecule has 1 aromatic carbocycles. The first-order valence-corrected chi connectivity index (χ1v) is 7.53. The number of fused-ring (bicyclic) bond motifs is 1. The monoisotopic (exact) mass is 322 g/mol. The number of hydrogen-bond donors (Lipinski definition) is 2. The number of rotatable bonds is 6. The van der Waals surface area contributed by atoms with Crippen molar-refractivity contribution in [3.63, 3.8) is 0 Å². The van der Waals surface area contributed by atoms with Gasteiger partial charge in [0.2, 0.25) is 5.91 Å². The highest BCUT2D eigenvalue weighted by Gasteiger charge is 2.23. The van der Waals surface area contributed by atoms with Gasteiger partial charge in [0.05, 0.1) is 0 Å². The van der Waals surface area contributed by atoms with Crippen LogP contribution in [0, 0.1) is 5.92 Å². The summed E-state index contributed by atoms with van der Waals surface area (Å²) >= 11 is 5.99. The van der Waals surface area contributed by atoms with Gasteiger partial charge in [0.1, 0.15) is 6.04 Å². The SMILES string of the molecule is CC(C)C(NC(=O)CCn1ccc2ccc(Cl)cc21)C(=O)O. The van der Waals surface area contributed by atoms with Gasteiger partial charge in [0.15, 0.2) is 0 Å². The first-order chi connectivity index (χ1) is 10.4. The average molecular weight is 323 g/mol. The summed E-state index contributed by atoms with van der Waals surface area (Å²) in [6.07, 6.45) is 2.11. The number of halogens is 1. The fourth-order valence-electron chi connectivity index (χ4n) is 2.33. The first kappa shape index (κ1) is 16.4. The van der Waals surface area contributed by atoms with Crippen molar-refractivity contribution in [2.45, 2.75) is 32.9 Å². The molecule has 0 spiro atoms. The van der Waals surface area contributed by atoms with E-state index in [1.165, 1.54) is 0 Å². The number of hydrogen-bond acceptors (Lipinski definition) is 2. The summed E-state index contributed by atoms with van der Waals surface area (Å²) < 4.78 is 1.94. The zero-order valence-electron chi connectivity index (χ0n) is 12.5. The Morgan fingerprint density at radius 2 is 2.05 bits per heavy atom. The standard InChI is InChI=1S/C16H19ClN2O3/c1-10(2)15(16(21)22)18-14(20)6-8-19-7-5-11-3-4-12(17)9-13(11)19/h3-5,7,9-10,15H,6,8H2,1-2H3,(H,18,20)(H,21,22). The lowest BCUT2D eigenvalue weighted by atomic mass is 10.0. The molecule has 0 radical (unpaired) electrons. The molecule has 2 aromatic rings. The molecule has 0 fully saturated rings. The highest BCUT2D eigenvalue weighted by atomic mass is 35.5. The molecular formula is C16H19ClN2O3. The van der Waals surface area contributed by atoms with Crippen LogP contribution in [-0.4, -0.2) is 27.6 Å². The average Bonchev–Trinajstić information content (AvgIpc) is 2.84. The van der Waals surface area contributed by atoms with Crippen molar-refractivity contribution in [3.8, 4) is 0 Å². The molecule has 1 aromatic heterocycles. The van der Waals surface area contributed by atoms with E-state index in [0.29, 0.717) is 11.6 Å². The molecule has 0 bridgehead atoms. The van der Waals surface area contributed by atoms with Crippen LogP contribution in [0.15, 0.2) is 30.5 Å². The van der Waals surface area contributed by atoms with E-state index in [0.717, 1.165) is 10.9 Å². The predicted molar refractivity (Wildman–Crippen MR) is 86.0 cm³/mol. The molecule has 2 N–H and O–H groups in total. The van der Waals surface area contributed by atoms with Gasteiger partial charge < -0.3 is 15.0 Å². The van der Waals surface area contributed by atoms with Gasteiger partial charge in [-0.1, -0.05) is 31.5 Å². The summed E-state index contributed by atoms with van der Waals surface area (Å²) in [6.45, 7) is 4.00. The molecule has 22 heavy (non-hydrogen) atoms. The molecule has 0 saturated heterocycles. The largest absolute Gasteiger partial charge is 0.480 e. The third-order valence-electron chi connectivity index (χ3n) is 3.56. The van der Waals surface area contributed by atoms with E-state index in [1.807, 2.05) is 35.0 Å². The smallest absolute Gasteiger partial charge is 0.326 e. The summed E-state index contributed by atoms with van der Waals surface area (Å²) in [5.41, 5.74) is 0.957. The predicted octanol–water partition coefficient (Wildman–Crippen LogP) is 2.91. The quantitative estimate of drug-likeness (QED) is 0.859. The zero-order chi connectivity index (χ0) is 16.3. The lowest BCUT2D eigenvalue weighted by Gasteiger charge is -2.18. The van der Waals surface area contributed by atoms with Gasteiger partial charge in [-0.25, -0.2) is 4.79 Å². The second-order valence-corrected chi connectivity index (χ2v) is 6.03. The first-order valence-electron chi connectivity index (χ1n) is 7.15. The van der Waals surface area contributed by atoms with Crippen LogP contribution in [0.4, 0.5) is 0 Å². The molecule has 0 aliphatic heterocycles. The van der Waals surface area contributed by atoms with Gasteiger partial charge in [-0.05, 0) is 29.5 Å². The third kappa shape index (κ3) is 3.80. The molecule has 0 aliphatic carbocycles. The van der Waals surface area contributed by atoms with Crippen LogP contribution in [0.1, 0.15) is 20.3 Å². The fraction of sp³-hybridized carbons (Fsp3) is 0.375. The van der Waals surface area contributed by atoms with Gasteiger partial charge in [-0.3, -0.25) is 4.79 Å². The van der Waals surface area contributed by atoms with Gasteiger partial charge in [-0.2, -0.15) is 0 Å². The summed E-state index contributed by atoms with van der Waals surface area (Å²) in [4.78, 5) is 23.0. The minimum Gasteiger partial charge on any atom is -0.480 e. The zero-order valence-corrected chi connectivity index (χ0v) is 13.3. The van der Waals surface area contributed by atoms with E-state index < -0.39 is 12.0 Å². The van der Waals surface area contributed by atoms with Crippen molar-refractivity contribution >= 4 is 34.4 Å². The Morgan fingerprint density at radius 1 is 1.32 bits per heavy atom. The Balaban J connectivity index is 2.01. The van der Waals surface area contributed by atoms with Crippen molar-refractivity contribution in [3.05, 3.63) is 35.5 Å². The van der Waals surface area contributed by atoms with Crippen molar-refractivity contribution < 1.29 is 14.7 Å². The van der Waals surface area contributed by atoms with Gasteiger partial charge in [0.25, 0.3) is 0 Å². The van der Waals surface area contributed by atoms with Crippen LogP contribution < -0.4 is 5.32 Å². The molecule has 1 heterocycles. The molecule has 1 atom stereocenters. The Kier molecular flexibility index (Phi) is 5.08. The number of amides is 1. The van der Waals surface area contributed by atoms with E-state index in [1.54, 1.807) is 13.8 Å². The topological polar surface area (TPSA) is 71.3 Å². The van der Waals surface area contributed by atoms with E-state index in [-0.39, 0.29) is 18.2 Å². The lowest BCUT2D eigenvalue weighted by molar-refractivity contribution is -0.143. The Morgan fingerprint density at radius 3 is 2.68 bits per heavy atom. The molecule has 1 unspecified atom stereocenters. The summed E-state index contributed by atoms with van der Waals surface area (Å²) in [5.74, 6) is -1.45. The summed E-state index contributed by atoms with van der Waals surface area (Å²) in [7, 11) is 0. The molecule has 6 heteroatoms. The number of carbonyl (C=O) groups is 2. The Bertz CT molecular complexity index is 694. The number of carboxylic acids is 1. The van der Waals surface area contributed by atoms with Gasteiger partial charge in [0, 0.05) is 29.7 Å². The van der Waals surface area contributed by atoms with Gasteiger partial charge in [-0.15, -0.1) is 0 Å². The van der Waals surface area contributed by atoms with Crippen LogP contribution in [0.5, 0.6) is 0 Å². The highest BCUT2D eigenvalue weighted by Crippen LogP contribution is 2.20. The number of aryl methyl sites for hydroxylation is 1. The minimum absolute atomic E-state index is 0.160. The fourth-order valence-corrected chi connectivity index (χ4v) is 2.50. The van der Waals surface area contributed by atoms with E-state index in [9.17, 15) is 9.59 Å². The molecule has 0 saturated carbocycles. The molecular weight excluding hydrogens is 304 g/mol. The summed E-state index contributed by atoms with van der Waals surface area (Å²) in [5, 5.41) is 13.3. The molecule has 0 aliphatic rings. The van der Waals surface area contributed by atoms with Crippen molar-refractivity contribution in [2.75, 3.05) is 0 Å². The number of carbonyl (C=O) groups excluding carboxylic acids is 1. The number of aliphatic carboxylic acids is 1. The van der Waals surface area contributed by atoms with Crippen molar-refractivity contribution in [2.24, 2.45) is 5.92 Å². The number of aromatic nitrogens is 1. The minimum atomic E-state index is -1.01. The van der Waals surface area contributed by atoms with Crippen LogP contribution in [0.2, 0.25) is 5.02 Å². The number of nitrogens with zero attached hydrogens (tertiary/aromatic N) is 1. The number of benzene rings is 1. The maximum Gasteiger partial charge on any atom is 0.326 e. The lowest BCUT2D eigenvalue weighted by Crippen LogP contribution is -2.44. The Hall–Kier alpha value is -2.01. The van der Waals surface area contributed by atoms with Crippen LogP contribution in [-0.2, 0) is 16.1 Å². The highest BCUT2D eigenvalue weighted by molar-refractivity contribution is 6.31. The van der Waals surface area contributed by atoms with Crippen LogP contribution in [0.25, 0.3) is 10.9 Å². The molecule has 2 rings (SSSR count). The van der Waals surface area contributed by atoms with E-state index in [4.69, 9.17) is 16.7 Å². The number of nitrogens with one attached hydrogen (secondary N) is 1. The van der Waals surface area contributed by atoms with Gasteiger partial charge >= 0.3 is 5.97 Å². The maximum absolute atomic E-state index is 11.9. The van der Waals surface area contributed by atoms with Crippen molar-refractivity contribution in [1.82, 2.24) is 9.88 Å². The molecule has 5 nitrogen and oxygen atoms in total. The second-order valence-electron chi connectivity index (χ2n) is 5.59. The van der Waals surface area contributed by atoms with Crippen LogP contribution >= 0.6 is 11.6 Å². The Labute approximate surface area is 133 Å². The summed E-state index contributed by atoms with van der Waals surface area (Å²) in [6, 6.07) is 6.69. The second kappa shape index (κ2) is 6.83. The van der Waals surface area contributed by atoms with Crippen molar-refractivity contribution in [1.29, 1.82) is 0 Å². The molecule has 118 valence electrons. The molecule has 1 amide bonds. The van der Waals surface area contributed by atoms with E-state index in [2.05, 4.69) is 5.32 Å².